The Hall–Kier alpha value is -0.800. The van der Waals surface area contributed by atoms with Crippen molar-refractivity contribution in [2.45, 2.75) is 0 Å². The second-order valence-electron chi connectivity index (χ2n) is 2.31. The maximum Gasteiger partial charge on any atom is 0.148 e. The van der Waals surface area contributed by atoms with Gasteiger partial charge in [0.1, 0.15) is 6.17 Å². The summed E-state index contributed by atoms with van der Waals surface area (Å²) >= 11 is 0. The molecule has 0 unspecified atom stereocenters. The van der Waals surface area contributed by atoms with E-state index in [4.69, 9.17) is 0 Å². The molecule has 1 fully saturated rings. The molecule has 0 saturated carbocycles. The minimum atomic E-state index is 1.02. The van der Waals surface area contributed by atoms with Crippen LogP contribution in [-0.4, -0.2) is 18.1 Å². The minimum absolute atomic E-state index is 1.02. The van der Waals surface area contributed by atoms with Crippen LogP contribution in [0.4, 0.5) is 0 Å². The van der Waals surface area contributed by atoms with Crippen LogP contribution in [0.3, 0.4) is 0 Å². The van der Waals surface area contributed by atoms with Gasteiger partial charge in [-0.05, 0) is 12.1 Å². The second kappa shape index (κ2) is 2.44. The summed E-state index contributed by atoms with van der Waals surface area (Å²) in [6, 6.07) is 4.03. The number of H-pyrrole nitrogens is 1. The number of aromatic amines is 1. The monoisotopic (exact) mass is 136 g/mol. The van der Waals surface area contributed by atoms with Crippen LogP contribution in [0, 0.1) is 6.17 Å². The van der Waals surface area contributed by atoms with Crippen LogP contribution in [-0.2, 0) is 0 Å². The van der Waals surface area contributed by atoms with Crippen LogP contribution in [0.1, 0.15) is 5.69 Å². The maximum absolute atomic E-state index is 3.23. The van der Waals surface area contributed by atoms with Crippen molar-refractivity contribution in [2.75, 3.05) is 13.1 Å². The van der Waals surface area contributed by atoms with E-state index in [2.05, 4.69) is 15.6 Å². The van der Waals surface area contributed by atoms with Gasteiger partial charge in [-0.2, -0.15) is 0 Å². The molecule has 0 aliphatic carbocycles. The largest absolute Gasteiger partial charge is 0.362 e. The van der Waals surface area contributed by atoms with E-state index in [9.17, 15) is 0 Å². The molecule has 3 heteroatoms. The van der Waals surface area contributed by atoms with Crippen LogP contribution in [0.15, 0.2) is 18.3 Å². The zero-order valence-corrected chi connectivity index (χ0v) is 5.65. The molecule has 1 radical (unpaired) electrons. The van der Waals surface area contributed by atoms with Crippen molar-refractivity contribution < 1.29 is 0 Å². The van der Waals surface area contributed by atoms with Crippen molar-refractivity contribution in [1.82, 2.24) is 15.6 Å². The van der Waals surface area contributed by atoms with Gasteiger partial charge >= 0.3 is 0 Å². The van der Waals surface area contributed by atoms with Gasteiger partial charge in [0.2, 0.25) is 0 Å². The Kier molecular flexibility index (Phi) is 1.45. The summed E-state index contributed by atoms with van der Waals surface area (Å²) in [6.45, 7) is 2.04. The fourth-order valence-electron chi connectivity index (χ4n) is 1.11. The molecule has 0 atom stereocenters. The van der Waals surface area contributed by atoms with Gasteiger partial charge in [-0.3, -0.25) is 10.6 Å². The quantitative estimate of drug-likeness (QED) is 0.510. The summed E-state index contributed by atoms with van der Waals surface area (Å²) in [4.78, 5) is 3.12. The third-order valence-electron chi connectivity index (χ3n) is 1.60. The third kappa shape index (κ3) is 0.936. The van der Waals surface area contributed by atoms with Gasteiger partial charge in [0, 0.05) is 19.3 Å². The molecule has 1 aliphatic rings. The smallest absolute Gasteiger partial charge is 0.148 e. The number of hydrogen-bond acceptors (Lipinski definition) is 2. The van der Waals surface area contributed by atoms with Gasteiger partial charge in [0.15, 0.2) is 0 Å². The fourth-order valence-corrected chi connectivity index (χ4v) is 1.11. The van der Waals surface area contributed by atoms with Crippen LogP contribution in [0.5, 0.6) is 0 Å². The second-order valence-corrected chi connectivity index (χ2v) is 2.31. The molecule has 53 valence electrons. The molecule has 0 bridgehead atoms. The molecule has 1 aromatic heterocycles. The first-order chi connectivity index (χ1) is 4.97. The molecule has 10 heavy (non-hydrogen) atoms. The van der Waals surface area contributed by atoms with Gasteiger partial charge in [-0.25, -0.2) is 0 Å². The fraction of sp³-hybridized carbons (Fsp3) is 0.286. The van der Waals surface area contributed by atoms with Crippen LogP contribution in [0.25, 0.3) is 0 Å². The Morgan fingerprint density at radius 3 is 2.60 bits per heavy atom. The van der Waals surface area contributed by atoms with E-state index in [1.165, 1.54) is 0 Å². The molecule has 2 rings (SSSR count). The third-order valence-corrected chi connectivity index (χ3v) is 1.60. The molecular formula is C7H10N3. The number of hydrogen-bond donors (Lipinski definition) is 3. The Labute approximate surface area is 59.8 Å². The van der Waals surface area contributed by atoms with E-state index in [0.717, 1.165) is 24.9 Å². The molecule has 0 spiro atoms. The van der Waals surface area contributed by atoms with E-state index in [1.807, 2.05) is 18.3 Å². The van der Waals surface area contributed by atoms with Crippen LogP contribution >= 0.6 is 0 Å². The Balaban J connectivity index is 2.12. The normalized spacial score (nSPS) is 20.0. The number of rotatable bonds is 1. The van der Waals surface area contributed by atoms with Gasteiger partial charge in [0.05, 0.1) is 5.69 Å². The number of aromatic nitrogens is 1. The van der Waals surface area contributed by atoms with Crippen molar-refractivity contribution in [3.8, 4) is 0 Å². The Morgan fingerprint density at radius 1 is 1.20 bits per heavy atom. The van der Waals surface area contributed by atoms with E-state index in [-0.39, 0.29) is 0 Å². The standard InChI is InChI=1S/C7H10N3/c1-2-6(8-3-1)7-9-4-5-10-7/h1-3,8-10H,4-5H2. The predicted molar refractivity (Wildman–Crippen MR) is 39.1 cm³/mol. The van der Waals surface area contributed by atoms with Gasteiger partial charge < -0.3 is 4.98 Å². The first-order valence-electron chi connectivity index (χ1n) is 3.45. The van der Waals surface area contributed by atoms with Gasteiger partial charge in [-0.1, -0.05) is 0 Å². The molecule has 3 nitrogen and oxygen atoms in total. The van der Waals surface area contributed by atoms with Crippen molar-refractivity contribution in [3.63, 3.8) is 0 Å². The summed E-state index contributed by atoms with van der Waals surface area (Å²) in [5.74, 6) is 0. The molecule has 1 saturated heterocycles. The summed E-state index contributed by atoms with van der Waals surface area (Å²) in [6.07, 6.45) is 3.04. The first-order valence-corrected chi connectivity index (χ1v) is 3.45. The lowest BCUT2D eigenvalue weighted by atomic mass is 10.3. The SMILES string of the molecule is c1c[nH]c([C]2NCCN2)c1. The summed E-state index contributed by atoms with van der Waals surface area (Å²) in [5, 5.41) is 6.47. The van der Waals surface area contributed by atoms with E-state index in [1.54, 1.807) is 0 Å². The van der Waals surface area contributed by atoms with E-state index >= 15 is 0 Å². The molecular weight excluding hydrogens is 126 g/mol. The van der Waals surface area contributed by atoms with E-state index < -0.39 is 0 Å². The minimum Gasteiger partial charge on any atom is -0.362 e. The molecule has 3 N–H and O–H groups in total. The highest BCUT2D eigenvalue weighted by atomic mass is 15.2. The maximum atomic E-state index is 3.23. The molecule has 1 aliphatic heterocycles. The number of nitrogens with one attached hydrogen (secondary N) is 3. The van der Waals surface area contributed by atoms with Crippen LogP contribution < -0.4 is 10.6 Å². The lowest BCUT2D eigenvalue weighted by Crippen LogP contribution is -2.22. The highest BCUT2D eigenvalue weighted by Gasteiger charge is 2.16. The average Bonchev–Trinajstić information content (AvgIpc) is 2.59. The Morgan fingerprint density at radius 2 is 2.00 bits per heavy atom. The average molecular weight is 136 g/mol. The van der Waals surface area contributed by atoms with Crippen molar-refractivity contribution in [2.24, 2.45) is 0 Å². The van der Waals surface area contributed by atoms with E-state index in [0.29, 0.717) is 0 Å². The van der Waals surface area contributed by atoms with Crippen molar-refractivity contribution in [3.05, 3.63) is 30.2 Å². The van der Waals surface area contributed by atoms with Gasteiger partial charge in [-0.15, -0.1) is 0 Å². The predicted octanol–water partition coefficient (Wildman–Crippen LogP) is 0.0451. The summed E-state index contributed by atoms with van der Waals surface area (Å²) in [7, 11) is 0. The first kappa shape index (κ1) is 5.95. The van der Waals surface area contributed by atoms with Crippen LogP contribution in [0.2, 0.25) is 0 Å². The lowest BCUT2D eigenvalue weighted by Gasteiger charge is -2.04. The molecule has 0 aromatic carbocycles. The van der Waals surface area contributed by atoms with Crippen molar-refractivity contribution >= 4 is 0 Å². The molecule has 1 aromatic rings. The van der Waals surface area contributed by atoms with Crippen molar-refractivity contribution in [1.29, 1.82) is 0 Å². The Bertz CT molecular complexity index is 187. The molecule has 0 amide bonds. The zero-order valence-electron chi connectivity index (χ0n) is 5.65. The summed E-state index contributed by atoms with van der Waals surface area (Å²) in [5.41, 5.74) is 1.14. The highest BCUT2D eigenvalue weighted by Crippen LogP contribution is 2.07. The topological polar surface area (TPSA) is 39.9 Å². The van der Waals surface area contributed by atoms with Gasteiger partial charge in [0.25, 0.3) is 0 Å². The lowest BCUT2D eigenvalue weighted by molar-refractivity contribution is 0.793. The molecule has 2 heterocycles. The highest BCUT2D eigenvalue weighted by molar-refractivity contribution is 5.22. The zero-order chi connectivity index (χ0) is 6.81. The summed E-state index contributed by atoms with van der Waals surface area (Å²) < 4.78 is 0.